The number of ether oxygens (including phenoxy) is 1. The summed E-state index contributed by atoms with van der Waals surface area (Å²) in [5.41, 5.74) is 1.69. The highest BCUT2D eigenvalue weighted by Crippen LogP contribution is 2.27. The second kappa shape index (κ2) is 9.76. The van der Waals surface area contributed by atoms with Crippen LogP contribution in [0.5, 0.6) is 5.75 Å². The van der Waals surface area contributed by atoms with Crippen LogP contribution in [0.25, 0.3) is 11.4 Å². The zero-order valence-corrected chi connectivity index (χ0v) is 18.2. The first-order valence-electron chi connectivity index (χ1n) is 9.40. The lowest BCUT2D eigenvalue weighted by Gasteiger charge is -2.18. The molecular weight excluding hydrogens is 435 g/mol. The summed E-state index contributed by atoms with van der Waals surface area (Å²) < 4.78 is 18.5. The number of rotatable bonds is 8. The molecule has 0 bridgehead atoms. The minimum absolute atomic E-state index is 0.156. The summed E-state index contributed by atoms with van der Waals surface area (Å²) in [6.45, 7) is 0. The zero-order chi connectivity index (χ0) is 21.6. The number of benzene rings is 2. The Hall–Kier alpha value is -3.17. The van der Waals surface area contributed by atoms with E-state index in [-0.39, 0.29) is 23.5 Å². The van der Waals surface area contributed by atoms with Crippen LogP contribution >= 0.6 is 23.1 Å². The fourth-order valence-corrected chi connectivity index (χ4v) is 4.36. The summed E-state index contributed by atoms with van der Waals surface area (Å²) in [5, 5.41) is 12.5. The SMILES string of the molecule is COc1ccc(-c2nc(SCC(=O)NC(c3ccc(F)cc3)c3cccs3)n[nH]2)cc1. The van der Waals surface area contributed by atoms with Crippen LogP contribution in [0.15, 0.2) is 71.2 Å². The molecule has 0 aliphatic rings. The van der Waals surface area contributed by atoms with Gasteiger partial charge in [-0.25, -0.2) is 9.37 Å². The van der Waals surface area contributed by atoms with Gasteiger partial charge in [-0.2, -0.15) is 0 Å². The number of methoxy groups -OCH3 is 1. The summed E-state index contributed by atoms with van der Waals surface area (Å²) in [4.78, 5) is 18.0. The van der Waals surface area contributed by atoms with Crippen molar-refractivity contribution in [1.29, 1.82) is 0 Å². The van der Waals surface area contributed by atoms with E-state index in [0.29, 0.717) is 11.0 Å². The van der Waals surface area contributed by atoms with E-state index in [2.05, 4.69) is 20.5 Å². The predicted octanol–water partition coefficient (Wildman–Crippen LogP) is 4.68. The number of aromatic nitrogens is 3. The molecule has 2 aromatic carbocycles. The number of hydrogen-bond donors (Lipinski definition) is 2. The quantitative estimate of drug-likeness (QED) is 0.378. The number of carbonyl (C=O) groups is 1. The van der Waals surface area contributed by atoms with Gasteiger partial charge in [-0.1, -0.05) is 30.0 Å². The third kappa shape index (κ3) is 5.31. The minimum Gasteiger partial charge on any atom is -0.497 e. The lowest BCUT2D eigenvalue weighted by atomic mass is 10.1. The molecule has 9 heteroatoms. The number of nitrogens with one attached hydrogen (secondary N) is 2. The van der Waals surface area contributed by atoms with Crippen molar-refractivity contribution in [2.75, 3.05) is 12.9 Å². The maximum Gasteiger partial charge on any atom is 0.231 e. The molecule has 0 aliphatic carbocycles. The van der Waals surface area contributed by atoms with Crippen LogP contribution < -0.4 is 10.1 Å². The second-order valence-electron chi connectivity index (χ2n) is 6.55. The van der Waals surface area contributed by atoms with E-state index < -0.39 is 0 Å². The normalized spacial score (nSPS) is 11.8. The van der Waals surface area contributed by atoms with Gasteiger partial charge in [-0.05, 0) is 53.4 Å². The fourth-order valence-electron chi connectivity index (χ4n) is 2.95. The van der Waals surface area contributed by atoms with E-state index in [9.17, 15) is 9.18 Å². The van der Waals surface area contributed by atoms with E-state index in [4.69, 9.17) is 4.74 Å². The number of aromatic amines is 1. The maximum atomic E-state index is 13.3. The third-order valence-corrected chi connectivity index (χ3v) is 6.28. The number of amides is 1. The monoisotopic (exact) mass is 454 g/mol. The largest absolute Gasteiger partial charge is 0.497 e. The number of hydrogen-bond acceptors (Lipinski definition) is 6. The fraction of sp³-hybridized carbons (Fsp3) is 0.136. The first kappa shape index (κ1) is 21.1. The Bertz CT molecular complexity index is 1130. The van der Waals surface area contributed by atoms with Crippen LogP contribution in [0.4, 0.5) is 4.39 Å². The Morgan fingerprint density at radius 1 is 1.19 bits per heavy atom. The Kier molecular flexibility index (Phi) is 6.63. The number of thiophene rings is 1. The number of thioether (sulfide) groups is 1. The van der Waals surface area contributed by atoms with Crippen molar-refractivity contribution < 1.29 is 13.9 Å². The molecule has 4 rings (SSSR count). The summed E-state index contributed by atoms with van der Waals surface area (Å²) in [6.07, 6.45) is 0. The molecule has 4 aromatic rings. The van der Waals surface area contributed by atoms with Crippen LogP contribution in [0.1, 0.15) is 16.5 Å². The molecule has 6 nitrogen and oxygen atoms in total. The molecule has 31 heavy (non-hydrogen) atoms. The summed E-state index contributed by atoms with van der Waals surface area (Å²) in [6, 6.07) is 17.1. The summed E-state index contributed by atoms with van der Waals surface area (Å²) >= 11 is 2.78. The minimum atomic E-state index is -0.337. The highest BCUT2D eigenvalue weighted by molar-refractivity contribution is 7.99. The maximum absolute atomic E-state index is 13.3. The Morgan fingerprint density at radius 3 is 2.65 bits per heavy atom. The Morgan fingerprint density at radius 2 is 1.97 bits per heavy atom. The van der Waals surface area contributed by atoms with Crippen molar-refractivity contribution in [3.05, 3.63) is 82.3 Å². The molecule has 0 saturated heterocycles. The number of H-pyrrole nitrogens is 1. The van der Waals surface area contributed by atoms with Crippen LogP contribution in [-0.2, 0) is 4.79 Å². The van der Waals surface area contributed by atoms with Gasteiger partial charge in [0.25, 0.3) is 0 Å². The van der Waals surface area contributed by atoms with Crippen molar-refractivity contribution >= 4 is 29.0 Å². The molecule has 2 heterocycles. The zero-order valence-electron chi connectivity index (χ0n) is 16.5. The molecular formula is C22H19FN4O2S2. The van der Waals surface area contributed by atoms with Crippen molar-refractivity contribution in [2.24, 2.45) is 0 Å². The Balaban J connectivity index is 1.39. The van der Waals surface area contributed by atoms with Crippen LogP contribution in [0.2, 0.25) is 0 Å². The second-order valence-corrected chi connectivity index (χ2v) is 8.47. The molecule has 0 aliphatic heterocycles. The van der Waals surface area contributed by atoms with E-state index in [1.54, 1.807) is 19.2 Å². The van der Waals surface area contributed by atoms with E-state index in [0.717, 1.165) is 21.8 Å². The molecule has 2 N–H and O–H groups in total. The lowest BCUT2D eigenvalue weighted by molar-refractivity contribution is -0.119. The predicted molar refractivity (Wildman–Crippen MR) is 120 cm³/mol. The van der Waals surface area contributed by atoms with Gasteiger partial charge < -0.3 is 10.1 Å². The van der Waals surface area contributed by atoms with Gasteiger partial charge in [0.2, 0.25) is 11.1 Å². The summed E-state index contributed by atoms with van der Waals surface area (Å²) in [7, 11) is 1.61. The molecule has 1 unspecified atom stereocenters. The average Bonchev–Trinajstić information content (AvgIpc) is 3.49. The topological polar surface area (TPSA) is 79.9 Å². The van der Waals surface area contributed by atoms with Gasteiger partial charge in [0, 0.05) is 10.4 Å². The van der Waals surface area contributed by atoms with Gasteiger partial charge in [0.1, 0.15) is 11.6 Å². The molecule has 2 aromatic heterocycles. The standard InChI is InChI=1S/C22H19FN4O2S2/c1-29-17-10-6-15(7-11-17)21-25-22(27-26-21)31-13-19(28)24-20(18-3-2-12-30-18)14-4-8-16(23)9-5-14/h2-12,20H,13H2,1H3,(H,24,28)(H,25,26,27). The highest BCUT2D eigenvalue weighted by atomic mass is 32.2. The molecule has 0 fully saturated rings. The van der Waals surface area contributed by atoms with Crippen LogP contribution in [-0.4, -0.2) is 34.0 Å². The first-order valence-corrected chi connectivity index (χ1v) is 11.3. The lowest BCUT2D eigenvalue weighted by Crippen LogP contribution is -2.30. The average molecular weight is 455 g/mol. The molecule has 1 amide bonds. The molecule has 1 atom stereocenters. The van der Waals surface area contributed by atoms with E-state index in [1.807, 2.05) is 41.8 Å². The summed E-state index contributed by atoms with van der Waals surface area (Å²) in [5.74, 6) is 1.06. The number of halogens is 1. The van der Waals surface area contributed by atoms with Gasteiger partial charge in [0.05, 0.1) is 18.9 Å². The Labute approximate surface area is 186 Å². The van der Waals surface area contributed by atoms with Crippen LogP contribution in [0.3, 0.4) is 0 Å². The van der Waals surface area contributed by atoms with Crippen molar-refractivity contribution in [3.63, 3.8) is 0 Å². The molecule has 0 saturated carbocycles. The third-order valence-electron chi connectivity index (χ3n) is 4.50. The molecule has 0 radical (unpaired) electrons. The van der Waals surface area contributed by atoms with Crippen molar-refractivity contribution in [1.82, 2.24) is 20.5 Å². The van der Waals surface area contributed by atoms with Gasteiger partial charge in [-0.3, -0.25) is 9.89 Å². The van der Waals surface area contributed by atoms with Crippen molar-refractivity contribution in [3.8, 4) is 17.1 Å². The molecule has 0 spiro atoms. The van der Waals surface area contributed by atoms with Gasteiger partial charge in [-0.15, -0.1) is 16.4 Å². The number of carbonyl (C=O) groups excluding carboxylic acids is 1. The van der Waals surface area contributed by atoms with E-state index in [1.165, 1.54) is 35.2 Å². The smallest absolute Gasteiger partial charge is 0.231 e. The van der Waals surface area contributed by atoms with Crippen LogP contribution in [0, 0.1) is 5.82 Å². The highest BCUT2D eigenvalue weighted by Gasteiger charge is 2.19. The van der Waals surface area contributed by atoms with Gasteiger partial charge in [0.15, 0.2) is 5.82 Å². The van der Waals surface area contributed by atoms with E-state index >= 15 is 0 Å². The number of nitrogens with zero attached hydrogens (tertiary/aromatic N) is 2. The molecule has 158 valence electrons. The van der Waals surface area contributed by atoms with Gasteiger partial charge >= 0.3 is 0 Å². The first-order chi connectivity index (χ1) is 15.1. The van der Waals surface area contributed by atoms with Crippen molar-refractivity contribution in [2.45, 2.75) is 11.2 Å².